The fourth-order valence-corrected chi connectivity index (χ4v) is 6.80. The summed E-state index contributed by atoms with van der Waals surface area (Å²) in [4.78, 5) is 15.0. The Morgan fingerprint density at radius 3 is 2.62 bits per heavy atom. The van der Waals surface area contributed by atoms with Gasteiger partial charge in [0, 0.05) is 26.2 Å². The number of aliphatic hydroxyl groups excluding tert-OH is 1. The summed E-state index contributed by atoms with van der Waals surface area (Å²) in [7, 11) is -2.39. The first-order valence-electron chi connectivity index (χ1n) is 13.0. The number of β-amino-alcohol motifs (C(OH)–C–C–N with tert-alkyl or cyclic N) is 1. The van der Waals surface area contributed by atoms with E-state index in [2.05, 4.69) is 10.2 Å². The number of ether oxygens (including phenoxy) is 4. The number of hydrogen-bond acceptors (Lipinski definition) is 9. The summed E-state index contributed by atoms with van der Waals surface area (Å²) in [6.07, 6.45) is 0.325. The predicted molar refractivity (Wildman–Crippen MR) is 135 cm³/mol. The third-order valence-corrected chi connectivity index (χ3v) is 9.00. The van der Waals surface area contributed by atoms with Gasteiger partial charge in [-0.1, -0.05) is 0 Å². The minimum absolute atomic E-state index is 0.00943. The van der Waals surface area contributed by atoms with Crippen LogP contribution in [-0.4, -0.2) is 119 Å². The number of sulfonamides is 1. The summed E-state index contributed by atoms with van der Waals surface area (Å²) in [6.45, 7) is 4.97. The van der Waals surface area contributed by atoms with Crippen molar-refractivity contribution in [2.75, 3.05) is 66.3 Å². The molecular formula is C25H39N3O8S. The lowest BCUT2D eigenvalue weighted by atomic mass is 9.96. The Labute approximate surface area is 219 Å². The summed E-state index contributed by atoms with van der Waals surface area (Å²) in [5, 5.41) is 13.3. The van der Waals surface area contributed by atoms with Gasteiger partial charge in [0.25, 0.3) is 0 Å². The van der Waals surface area contributed by atoms with Gasteiger partial charge >= 0.3 is 0 Å². The van der Waals surface area contributed by atoms with Crippen LogP contribution >= 0.6 is 0 Å². The van der Waals surface area contributed by atoms with Crippen LogP contribution in [0.3, 0.4) is 0 Å². The maximum absolute atomic E-state index is 13.6. The second-order valence-corrected chi connectivity index (χ2v) is 11.6. The molecule has 0 bridgehead atoms. The van der Waals surface area contributed by atoms with Crippen LogP contribution in [0.4, 0.5) is 0 Å². The minimum atomic E-state index is -3.90. The number of hydrogen-bond donors (Lipinski definition) is 2. The zero-order valence-corrected chi connectivity index (χ0v) is 22.2. The quantitative estimate of drug-likeness (QED) is 0.422. The molecule has 0 spiro atoms. The average molecular weight is 542 g/mol. The van der Waals surface area contributed by atoms with E-state index >= 15 is 0 Å². The molecule has 37 heavy (non-hydrogen) atoms. The lowest BCUT2D eigenvalue weighted by Crippen LogP contribution is -2.57. The number of amides is 1. The molecule has 0 unspecified atom stereocenters. The van der Waals surface area contributed by atoms with Crippen LogP contribution in [0.1, 0.15) is 25.7 Å². The van der Waals surface area contributed by atoms with E-state index in [1.165, 1.54) is 23.5 Å². The van der Waals surface area contributed by atoms with Crippen molar-refractivity contribution in [2.45, 2.75) is 54.9 Å². The van der Waals surface area contributed by atoms with E-state index in [1.807, 2.05) is 0 Å². The van der Waals surface area contributed by atoms with E-state index < -0.39 is 28.3 Å². The van der Waals surface area contributed by atoms with Crippen LogP contribution < -0.4 is 10.1 Å². The highest BCUT2D eigenvalue weighted by molar-refractivity contribution is 7.89. The Morgan fingerprint density at radius 2 is 1.89 bits per heavy atom. The van der Waals surface area contributed by atoms with Crippen molar-refractivity contribution in [3.8, 4) is 5.75 Å². The van der Waals surface area contributed by atoms with Crippen molar-refractivity contribution in [3.63, 3.8) is 0 Å². The van der Waals surface area contributed by atoms with Crippen LogP contribution in [0, 0.1) is 0 Å². The molecular weight excluding hydrogens is 502 g/mol. The smallest absolute Gasteiger partial charge is 0.243 e. The molecule has 12 heteroatoms. The number of carbonyl (C=O) groups excluding carboxylic acids is 1. The second-order valence-electron chi connectivity index (χ2n) is 9.74. The third kappa shape index (κ3) is 7.62. The molecule has 208 valence electrons. The van der Waals surface area contributed by atoms with Gasteiger partial charge in [0.05, 0.1) is 69.2 Å². The molecule has 11 nitrogen and oxygen atoms in total. The van der Waals surface area contributed by atoms with Crippen molar-refractivity contribution in [3.05, 3.63) is 24.3 Å². The zero-order valence-electron chi connectivity index (χ0n) is 21.4. The maximum Gasteiger partial charge on any atom is 0.243 e. The molecule has 0 aliphatic carbocycles. The third-order valence-electron chi connectivity index (χ3n) is 7.09. The van der Waals surface area contributed by atoms with Gasteiger partial charge in [0.2, 0.25) is 15.9 Å². The van der Waals surface area contributed by atoms with Crippen LogP contribution in [0.15, 0.2) is 29.2 Å². The molecule has 3 aliphatic rings. The van der Waals surface area contributed by atoms with E-state index in [-0.39, 0.29) is 43.1 Å². The molecule has 2 N–H and O–H groups in total. The topological polar surface area (TPSA) is 127 Å². The lowest BCUT2D eigenvalue weighted by molar-refractivity contribution is -0.146. The van der Waals surface area contributed by atoms with Crippen LogP contribution in [0.25, 0.3) is 0 Å². The number of rotatable bonds is 9. The SMILES string of the molecule is COc1ccc(S(=O)(=O)N2C[C@@H](O)COC[C@@H]3O[C@H](CC(=O)NCCCN4CCOCC4)CC[C@H]32)cc1. The molecule has 3 fully saturated rings. The van der Waals surface area contributed by atoms with Crippen molar-refractivity contribution >= 4 is 15.9 Å². The maximum atomic E-state index is 13.6. The molecule has 3 aliphatic heterocycles. The largest absolute Gasteiger partial charge is 0.497 e. The van der Waals surface area contributed by atoms with Gasteiger partial charge in [-0.25, -0.2) is 8.42 Å². The predicted octanol–water partition coefficient (Wildman–Crippen LogP) is 0.222. The highest BCUT2D eigenvalue weighted by Crippen LogP contribution is 2.32. The molecule has 0 aromatic heterocycles. The van der Waals surface area contributed by atoms with Gasteiger partial charge in [0.15, 0.2) is 0 Å². The monoisotopic (exact) mass is 541 g/mol. The number of benzene rings is 1. The van der Waals surface area contributed by atoms with Crippen molar-refractivity contribution in [2.24, 2.45) is 0 Å². The molecule has 0 saturated carbocycles. The fourth-order valence-electron chi connectivity index (χ4n) is 5.09. The van der Waals surface area contributed by atoms with Crippen molar-refractivity contribution < 1.29 is 37.3 Å². The normalized spacial score (nSPS) is 28.1. The molecule has 1 aromatic rings. The Balaban J connectivity index is 1.33. The van der Waals surface area contributed by atoms with Gasteiger partial charge in [0.1, 0.15) is 5.75 Å². The zero-order chi connectivity index (χ0) is 26.3. The molecule has 4 rings (SSSR count). The summed E-state index contributed by atoms with van der Waals surface area (Å²) in [5.74, 6) is 0.483. The summed E-state index contributed by atoms with van der Waals surface area (Å²) >= 11 is 0. The van der Waals surface area contributed by atoms with Crippen LogP contribution in [-0.2, 0) is 29.0 Å². The van der Waals surface area contributed by atoms with E-state index in [9.17, 15) is 18.3 Å². The van der Waals surface area contributed by atoms with E-state index in [0.717, 1.165) is 39.3 Å². The second kappa shape index (κ2) is 13.3. The molecule has 4 atom stereocenters. The van der Waals surface area contributed by atoms with Crippen LogP contribution in [0.2, 0.25) is 0 Å². The van der Waals surface area contributed by atoms with Gasteiger partial charge in [-0.2, -0.15) is 4.31 Å². The standard InChI is InChI=1S/C25H39N3O8S/c1-33-20-3-6-22(7-4-20)37(31,32)28-16-19(29)17-35-18-24-23(28)8-5-21(36-24)15-25(30)26-9-2-10-27-11-13-34-14-12-27/h3-4,6-7,19,21,23-24,29H,2,5,8-18H2,1H3,(H,26,30)/t19-,21+,23-,24+/m1/s1. The molecule has 3 saturated heterocycles. The fraction of sp³-hybridized carbons (Fsp3) is 0.720. The number of nitrogens with zero attached hydrogens (tertiary/aromatic N) is 2. The van der Waals surface area contributed by atoms with Crippen LogP contribution in [0.5, 0.6) is 5.75 Å². The summed E-state index contributed by atoms with van der Waals surface area (Å²) < 4.78 is 50.8. The number of fused-ring (bicyclic) bond motifs is 1. The Kier molecular flexibility index (Phi) is 10.2. The molecule has 0 radical (unpaired) electrons. The number of aliphatic hydroxyl groups is 1. The first-order chi connectivity index (χ1) is 17.9. The van der Waals surface area contributed by atoms with E-state index in [4.69, 9.17) is 18.9 Å². The molecule has 1 amide bonds. The first kappa shape index (κ1) is 28.2. The highest BCUT2D eigenvalue weighted by Gasteiger charge is 2.43. The lowest BCUT2D eigenvalue weighted by Gasteiger charge is -2.43. The van der Waals surface area contributed by atoms with Gasteiger partial charge < -0.3 is 29.4 Å². The van der Waals surface area contributed by atoms with E-state index in [1.54, 1.807) is 12.1 Å². The molecule has 3 heterocycles. The van der Waals surface area contributed by atoms with Gasteiger partial charge in [-0.15, -0.1) is 0 Å². The summed E-state index contributed by atoms with van der Waals surface area (Å²) in [6, 6.07) is 5.69. The molecule has 1 aromatic carbocycles. The number of morpholine rings is 1. The Morgan fingerprint density at radius 1 is 1.14 bits per heavy atom. The highest BCUT2D eigenvalue weighted by atomic mass is 32.2. The first-order valence-corrected chi connectivity index (χ1v) is 14.4. The number of nitrogens with one attached hydrogen (secondary N) is 1. The van der Waals surface area contributed by atoms with E-state index in [0.29, 0.717) is 25.1 Å². The van der Waals surface area contributed by atoms with Gasteiger partial charge in [-0.05, 0) is 50.1 Å². The summed E-state index contributed by atoms with van der Waals surface area (Å²) in [5.41, 5.74) is 0. The Hall–Kier alpha value is -1.80. The van der Waals surface area contributed by atoms with Crippen molar-refractivity contribution in [1.82, 2.24) is 14.5 Å². The van der Waals surface area contributed by atoms with Crippen molar-refractivity contribution in [1.29, 1.82) is 0 Å². The number of carbonyl (C=O) groups is 1. The minimum Gasteiger partial charge on any atom is -0.497 e. The average Bonchev–Trinajstić information content (AvgIpc) is 2.90. The number of methoxy groups -OCH3 is 1. The van der Waals surface area contributed by atoms with Gasteiger partial charge in [-0.3, -0.25) is 9.69 Å². The Bertz CT molecular complexity index is 971.